The number of unbranched alkanes of at least 4 members (excludes halogenated alkanes) is 2. The van der Waals surface area contributed by atoms with Gasteiger partial charge in [0.1, 0.15) is 33.4 Å². The van der Waals surface area contributed by atoms with Crippen LogP contribution < -0.4 is 10.6 Å². The van der Waals surface area contributed by atoms with E-state index in [1.807, 2.05) is 25.3 Å². The summed E-state index contributed by atoms with van der Waals surface area (Å²) in [5.74, 6) is -0.843. The van der Waals surface area contributed by atoms with E-state index in [-0.39, 0.29) is 30.7 Å². The monoisotopic (exact) mass is 492 g/mol. The molecule has 0 saturated heterocycles. The molecular formula is C23H32N4O4S2. The summed E-state index contributed by atoms with van der Waals surface area (Å²) in [5.41, 5.74) is -0.295. The van der Waals surface area contributed by atoms with Gasteiger partial charge < -0.3 is 15.4 Å². The zero-order valence-electron chi connectivity index (χ0n) is 19.6. The summed E-state index contributed by atoms with van der Waals surface area (Å²) in [7, 11) is 0. The minimum absolute atomic E-state index is 0.00559. The van der Waals surface area contributed by atoms with Crippen molar-refractivity contribution in [3.63, 3.8) is 0 Å². The van der Waals surface area contributed by atoms with E-state index in [0.29, 0.717) is 16.5 Å². The average molecular weight is 493 g/mol. The molecule has 3 heterocycles. The van der Waals surface area contributed by atoms with Crippen molar-refractivity contribution in [3.8, 4) is 0 Å². The molecule has 1 unspecified atom stereocenters. The number of rotatable bonds is 5. The third-order valence-electron chi connectivity index (χ3n) is 5.47. The van der Waals surface area contributed by atoms with Gasteiger partial charge in [-0.3, -0.25) is 14.6 Å². The van der Waals surface area contributed by atoms with Gasteiger partial charge in [0.25, 0.3) is 0 Å². The average Bonchev–Trinajstić information content (AvgIpc) is 3.40. The molecule has 3 rings (SSSR count). The molecule has 0 radical (unpaired) electrons. The maximum Gasteiger partial charge on any atom is 0.329 e. The Hall–Kier alpha value is -2.20. The van der Waals surface area contributed by atoms with Crippen LogP contribution in [0.4, 0.5) is 0 Å². The Balaban J connectivity index is 1.89. The molecule has 4 bridgehead atoms. The molecule has 180 valence electrons. The molecule has 8 nitrogen and oxygen atoms in total. The fourth-order valence-electron chi connectivity index (χ4n) is 3.40. The number of thioether (sulfide) groups is 1. The summed E-state index contributed by atoms with van der Waals surface area (Å²) >= 11 is 2.90. The lowest BCUT2D eigenvalue weighted by molar-refractivity contribution is -0.153. The summed E-state index contributed by atoms with van der Waals surface area (Å²) < 4.78 is 5.71. The zero-order chi connectivity index (χ0) is 24.0. The van der Waals surface area contributed by atoms with E-state index in [0.717, 1.165) is 24.3 Å². The molecule has 10 heteroatoms. The number of carbonyl (C=O) groups is 3. The highest BCUT2D eigenvalue weighted by atomic mass is 32.2. The van der Waals surface area contributed by atoms with Gasteiger partial charge in [-0.05, 0) is 25.3 Å². The number of fused-ring (bicyclic) bond motifs is 4. The molecule has 1 aromatic rings. The third kappa shape index (κ3) is 6.66. The molecular weight excluding hydrogens is 460 g/mol. The highest BCUT2D eigenvalue weighted by Gasteiger charge is 2.41. The minimum Gasteiger partial charge on any atom is -0.456 e. The van der Waals surface area contributed by atoms with Gasteiger partial charge in [-0.1, -0.05) is 39.7 Å². The fourth-order valence-corrected chi connectivity index (χ4v) is 5.33. The van der Waals surface area contributed by atoms with E-state index in [9.17, 15) is 14.4 Å². The molecule has 2 aliphatic rings. The molecule has 2 amide bonds. The number of nitrogens with one attached hydrogen (secondary N) is 2. The van der Waals surface area contributed by atoms with Gasteiger partial charge in [0, 0.05) is 11.1 Å². The molecule has 0 fully saturated rings. The van der Waals surface area contributed by atoms with Crippen LogP contribution in [0.1, 0.15) is 64.1 Å². The Morgan fingerprint density at radius 1 is 1.33 bits per heavy atom. The zero-order valence-corrected chi connectivity index (χ0v) is 21.2. The Bertz CT molecular complexity index is 943. The number of esters is 1. The van der Waals surface area contributed by atoms with E-state index in [1.54, 1.807) is 13.0 Å². The van der Waals surface area contributed by atoms with Crippen LogP contribution in [0.15, 0.2) is 22.5 Å². The first-order valence-electron chi connectivity index (χ1n) is 11.3. The SMILES string of the molecule is CCCC/C=C/[C@@H]1CC(=O)NCc2nc(cs2)C2=N[C@@](C)(CS2)C(=O)NC(C(C)C)C(=O)O1. The molecule has 33 heavy (non-hydrogen) atoms. The van der Waals surface area contributed by atoms with Crippen LogP contribution in [0.25, 0.3) is 0 Å². The number of carbonyl (C=O) groups excluding carboxylic acids is 3. The number of aliphatic imine (C=N–C) groups is 1. The number of allylic oxidation sites excluding steroid dienone is 1. The molecule has 3 atom stereocenters. The number of hydrogen-bond donors (Lipinski definition) is 2. The second kappa shape index (κ2) is 11.3. The first-order valence-corrected chi connectivity index (χ1v) is 13.2. The van der Waals surface area contributed by atoms with E-state index >= 15 is 0 Å². The maximum atomic E-state index is 13.2. The number of nitrogens with zero attached hydrogens (tertiary/aromatic N) is 2. The van der Waals surface area contributed by atoms with Gasteiger partial charge in [-0.2, -0.15) is 0 Å². The predicted molar refractivity (Wildman–Crippen MR) is 131 cm³/mol. The number of thiazole rings is 1. The van der Waals surface area contributed by atoms with Crippen LogP contribution in [0.5, 0.6) is 0 Å². The van der Waals surface area contributed by atoms with E-state index < -0.39 is 23.7 Å². The van der Waals surface area contributed by atoms with Crippen molar-refractivity contribution in [1.29, 1.82) is 0 Å². The smallest absolute Gasteiger partial charge is 0.329 e. The molecule has 2 N–H and O–H groups in total. The topological polar surface area (TPSA) is 110 Å². The van der Waals surface area contributed by atoms with Gasteiger partial charge in [0.05, 0.1) is 13.0 Å². The standard InChI is InChI=1S/C23H32N4O4S2/c1-5-6-7-8-9-15-10-17(28)24-11-18-25-16(12-32-18)20-27-23(4,13-33-20)22(30)26-19(14(2)3)21(29)31-15/h8-9,12,14-15,19H,5-7,10-11,13H2,1-4H3,(H,24,28)(H,26,30)/b9-8+/t15-,19?,23+/m1/s1. The molecule has 0 saturated carbocycles. The predicted octanol–water partition coefficient (Wildman–Crippen LogP) is 3.21. The Kier molecular flexibility index (Phi) is 8.69. The van der Waals surface area contributed by atoms with Crippen LogP contribution in [0, 0.1) is 5.92 Å². The number of hydrogen-bond acceptors (Lipinski definition) is 8. The minimum atomic E-state index is -0.998. The second-order valence-corrected chi connectivity index (χ2v) is 10.7. The highest BCUT2D eigenvalue weighted by molar-refractivity contribution is 8.14. The van der Waals surface area contributed by atoms with Gasteiger partial charge in [0.2, 0.25) is 11.8 Å². The van der Waals surface area contributed by atoms with E-state index in [1.165, 1.54) is 23.1 Å². The Labute approximate surface area is 203 Å². The summed E-state index contributed by atoms with van der Waals surface area (Å²) in [5, 5.41) is 9.04. The summed E-state index contributed by atoms with van der Waals surface area (Å²) in [6, 6.07) is -0.841. The molecule has 0 aromatic carbocycles. The van der Waals surface area contributed by atoms with Gasteiger partial charge in [-0.25, -0.2) is 9.78 Å². The second-order valence-electron chi connectivity index (χ2n) is 8.83. The maximum absolute atomic E-state index is 13.2. The van der Waals surface area contributed by atoms with Crippen molar-refractivity contribution in [1.82, 2.24) is 15.6 Å². The van der Waals surface area contributed by atoms with E-state index in [2.05, 4.69) is 27.5 Å². The molecule has 0 spiro atoms. The normalized spacial score (nSPS) is 26.8. The Morgan fingerprint density at radius 2 is 2.12 bits per heavy atom. The van der Waals surface area contributed by atoms with Crippen molar-refractivity contribution < 1.29 is 19.1 Å². The lowest BCUT2D eigenvalue weighted by Crippen LogP contribution is -2.53. The summed E-state index contributed by atoms with van der Waals surface area (Å²) in [6.45, 7) is 7.85. The van der Waals surface area contributed by atoms with Crippen LogP contribution in [0.3, 0.4) is 0 Å². The molecule has 1 aromatic heterocycles. The van der Waals surface area contributed by atoms with Crippen molar-refractivity contribution in [2.24, 2.45) is 10.9 Å². The fraction of sp³-hybridized carbons (Fsp3) is 0.609. The molecule has 2 aliphatic heterocycles. The number of amides is 2. The van der Waals surface area contributed by atoms with Crippen LogP contribution in [-0.4, -0.2) is 51.2 Å². The first-order chi connectivity index (χ1) is 15.7. The number of ether oxygens (including phenoxy) is 1. The lowest BCUT2D eigenvalue weighted by Gasteiger charge is -2.27. The van der Waals surface area contributed by atoms with Crippen LogP contribution in [0.2, 0.25) is 0 Å². The van der Waals surface area contributed by atoms with Gasteiger partial charge >= 0.3 is 5.97 Å². The summed E-state index contributed by atoms with van der Waals surface area (Å²) in [6.07, 6.45) is 5.90. The summed E-state index contributed by atoms with van der Waals surface area (Å²) in [4.78, 5) is 48.0. The number of cyclic esters (lactones) is 1. The van der Waals surface area contributed by atoms with Crippen molar-refractivity contribution >= 4 is 45.9 Å². The van der Waals surface area contributed by atoms with Crippen molar-refractivity contribution in [2.45, 2.75) is 77.6 Å². The first kappa shape index (κ1) is 25.4. The molecule has 0 aliphatic carbocycles. The van der Waals surface area contributed by atoms with Crippen molar-refractivity contribution in [2.75, 3.05) is 5.75 Å². The van der Waals surface area contributed by atoms with Gasteiger partial charge in [-0.15, -0.1) is 23.1 Å². The van der Waals surface area contributed by atoms with E-state index in [4.69, 9.17) is 4.74 Å². The lowest BCUT2D eigenvalue weighted by atomic mass is 10.0. The van der Waals surface area contributed by atoms with Crippen LogP contribution >= 0.6 is 23.1 Å². The van der Waals surface area contributed by atoms with Crippen molar-refractivity contribution in [3.05, 3.63) is 28.2 Å². The highest BCUT2D eigenvalue weighted by Crippen LogP contribution is 2.32. The van der Waals surface area contributed by atoms with Crippen LogP contribution in [-0.2, 0) is 25.7 Å². The third-order valence-corrected chi connectivity index (χ3v) is 7.60. The quantitative estimate of drug-likeness (QED) is 0.371. The Morgan fingerprint density at radius 3 is 2.85 bits per heavy atom. The number of aromatic nitrogens is 1. The van der Waals surface area contributed by atoms with Gasteiger partial charge in [0.15, 0.2) is 0 Å². The largest absolute Gasteiger partial charge is 0.456 e.